The highest BCUT2D eigenvalue weighted by Crippen LogP contribution is 2.19. The summed E-state index contributed by atoms with van der Waals surface area (Å²) in [6, 6.07) is 8.58. The molecule has 3 nitrogen and oxygen atoms in total. The smallest absolute Gasteiger partial charge is 0.258 e. The van der Waals surface area contributed by atoms with Gasteiger partial charge in [-0.1, -0.05) is 6.07 Å². The van der Waals surface area contributed by atoms with Gasteiger partial charge in [0.1, 0.15) is 11.6 Å². The largest absolute Gasteiger partial charge is 0.396 e. The molecule has 1 amide bonds. The number of anilines is 2. The van der Waals surface area contributed by atoms with Crippen LogP contribution in [0.25, 0.3) is 0 Å². The van der Waals surface area contributed by atoms with Gasteiger partial charge in [-0.3, -0.25) is 4.79 Å². The summed E-state index contributed by atoms with van der Waals surface area (Å²) in [5.41, 5.74) is 5.29. The highest BCUT2D eigenvalue weighted by Gasteiger charge is 2.15. The Morgan fingerprint density at radius 1 is 1.16 bits per heavy atom. The van der Waals surface area contributed by atoms with Crippen LogP contribution in [-0.2, 0) is 0 Å². The van der Waals surface area contributed by atoms with Crippen LogP contribution in [0.4, 0.5) is 20.2 Å². The molecule has 0 aliphatic heterocycles. The van der Waals surface area contributed by atoms with Crippen LogP contribution in [0, 0.1) is 15.2 Å². The molecule has 0 bridgehead atoms. The lowest BCUT2D eigenvalue weighted by Crippen LogP contribution is -2.14. The molecule has 6 heteroatoms. The van der Waals surface area contributed by atoms with Crippen molar-refractivity contribution in [1.82, 2.24) is 0 Å². The van der Waals surface area contributed by atoms with Crippen molar-refractivity contribution in [3.63, 3.8) is 0 Å². The number of amides is 1. The lowest BCUT2D eigenvalue weighted by atomic mass is 10.1. The molecule has 0 heterocycles. The first-order valence-corrected chi connectivity index (χ1v) is 6.36. The van der Waals surface area contributed by atoms with Crippen LogP contribution < -0.4 is 11.1 Å². The molecule has 0 atom stereocenters. The van der Waals surface area contributed by atoms with E-state index in [2.05, 4.69) is 27.9 Å². The number of halogens is 3. The fourth-order valence-corrected chi connectivity index (χ4v) is 2.05. The Kier molecular flexibility index (Phi) is 3.98. The summed E-state index contributed by atoms with van der Waals surface area (Å²) in [6.45, 7) is 0. The third-order valence-corrected chi connectivity index (χ3v) is 3.08. The van der Waals surface area contributed by atoms with E-state index in [0.29, 0.717) is 11.8 Å². The topological polar surface area (TPSA) is 55.1 Å². The summed E-state index contributed by atoms with van der Waals surface area (Å²) in [5, 5.41) is 2.52. The molecule has 2 aromatic carbocycles. The number of hydrogen-bond acceptors (Lipinski definition) is 2. The Hall–Kier alpha value is -1.70. The zero-order valence-electron chi connectivity index (χ0n) is 9.58. The van der Waals surface area contributed by atoms with Crippen molar-refractivity contribution < 1.29 is 13.6 Å². The first-order chi connectivity index (χ1) is 8.97. The van der Waals surface area contributed by atoms with Crippen LogP contribution in [-0.4, -0.2) is 5.91 Å². The fourth-order valence-electron chi connectivity index (χ4n) is 1.50. The molecule has 0 saturated carbocycles. The molecule has 0 aliphatic carbocycles. The molecule has 0 radical (unpaired) electrons. The van der Waals surface area contributed by atoms with Gasteiger partial charge in [-0.25, -0.2) is 8.78 Å². The van der Waals surface area contributed by atoms with Crippen LogP contribution in [0.2, 0.25) is 0 Å². The molecular formula is C13H9F2IN2O. The van der Waals surface area contributed by atoms with E-state index in [-0.39, 0.29) is 11.3 Å². The second kappa shape index (κ2) is 5.52. The molecule has 2 rings (SSSR count). The molecule has 3 N–H and O–H groups in total. The maximum absolute atomic E-state index is 13.5. The van der Waals surface area contributed by atoms with Gasteiger partial charge in [0, 0.05) is 15.3 Å². The normalized spacial score (nSPS) is 10.3. The molecular weight excluding hydrogens is 365 g/mol. The van der Waals surface area contributed by atoms with E-state index in [1.807, 2.05) is 6.07 Å². The van der Waals surface area contributed by atoms with E-state index in [0.717, 1.165) is 9.64 Å². The summed E-state index contributed by atoms with van der Waals surface area (Å²) in [6.07, 6.45) is 0. The van der Waals surface area contributed by atoms with E-state index in [1.165, 1.54) is 0 Å². The minimum Gasteiger partial charge on any atom is -0.396 e. The summed E-state index contributed by atoms with van der Waals surface area (Å²) in [7, 11) is 0. The Balaban J connectivity index is 2.28. The number of rotatable bonds is 2. The van der Waals surface area contributed by atoms with Gasteiger partial charge in [-0.05, 0) is 46.9 Å². The minimum absolute atomic E-state index is 0.269. The number of nitrogen functional groups attached to an aromatic ring is 1. The zero-order valence-corrected chi connectivity index (χ0v) is 11.7. The van der Waals surface area contributed by atoms with Crippen molar-refractivity contribution in [3.8, 4) is 0 Å². The van der Waals surface area contributed by atoms with Crippen molar-refractivity contribution in [2.75, 3.05) is 11.1 Å². The zero-order chi connectivity index (χ0) is 14.0. The SMILES string of the molecule is Nc1cc(C(=O)Nc2cccc(I)c2)c(F)cc1F. The Morgan fingerprint density at radius 2 is 1.89 bits per heavy atom. The number of carbonyl (C=O) groups excluding carboxylic acids is 1. The van der Waals surface area contributed by atoms with Gasteiger partial charge >= 0.3 is 0 Å². The second-order valence-corrected chi connectivity index (χ2v) is 5.06. The number of carbonyl (C=O) groups is 1. The molecule has 2 aromatic rings. The van der Waals surface area contributed by atoms with Crippen molar-refractivity contribution in [2.45, 2.75) is 0 Å². The first kappa shape index (κ1) is 13.7. The van der Waals surface area contributed by atoms with E-state index in [4.69, 9.17) is 5.73 Å². The Morgan fingerprint density at radius 3 is 2.58 bits per heavy atom. The number of nitrogens with two attached hydrogens (primary N) is 1. The summed E-state index contributed by atoms with van der Waals surface area (Å²) >= 11 is 2.09. The summed E-state index contributed by atoms with van der Waals surface area (Å²) < 4.78 is 27.4. The van der Waals surface area contributed by atoms with Crippen LogP contribution in [0.5, 0.6) is 0 Å². The predicted molar refractivity (Wildman–Crippen MR) is 77.9 cm³/mol. The Labute approximate surface area is 121 Å². The quantitative estimate of drug-likeness (QED) is 0.626. The number of benzene rings is 2. The second-order valence-electron chi connectivity index (χ2n) is 3.82. The van der Waals surface area contributed by atoms with Gasteiger partial charge in [0.05, 0.1) is 11.3 Å². The Bertz CT molecular complexity index is 647. The lowest BCUT2D eigenvalue weighted by molar-refractivity contribution is 0.102. The van der Waals surface area contributed by atoms with Crippen molar-refractivity contribution in [3.05, 3.63) is 57.2 Å². The van der Waals surface area contributed by atoms with E-state index >= 15 is 0 Å². The third kappa shape index (κ3) is 3.19. The van der Waals surface area contributed by atoms with Gasteiger partial charge in [-0.2, -0.15) is 0 Å². The molecule has 19 heavy (non-hydrogen) atoms. The summed E-state index contributed by atoms with van der Waals surface area (Å²) in [4.78, 5) is 11.9. The minimum atomic E-state index is -0.949. The average molecular weight is 374 g/mol. The number of nitrogens with one attached hydrogen (secondary N) is 1. The van der Waals surface area contributed by atoms with Crippen molar-refractivity contribution >= 4 is 39.9 Å². The van der Waals surface area contributed by atoms with Gasteiger partial charge in [0.25, 0.3) is 5.91 Å². The molecule has 0 fully saturated rings. The van der Waals surface area contributed by atoms with Crippen LogP contribution in [0.3, 0.4) is 0 Å². The van der Waals surface area contributed by atoms with Gasteiger partial charge in [0.15, 0.2) is 0 Å². The van der Waals surface area contributed by atoms with E-state index < -0.39 is 17.5 Å². The van der Waals surface area contributed by atoms with E-state index in [9.17, 15) is 13.6 Å². The standard InChI is InChI=1S/C13H9F2IN2O/c14-10-6-11(15)12(17)5-9(10)13(19)18-8-3-1-2-7(16)4-8/h1-6H,17H2,(H,18,19). The number of hydrogen-bond donors (Lipinski definition) is 2. The summed E-state index contributed by atoms with van der Waals surface area (Å²) in [5.74, 6) is -2.51. The monoisotopic (exact) mass is 374 g/mol. The maximum Gasteiger partial charge on any atom is 0.258 e. The predicted octanol–water partition coefficient (Wildman–Crippen LogP) is 3.40. The van der Waals surface area contributed by atoms with Crippen LogP contribution >= 0.6 is 22.6 Å². The molecule has 0 spiro atoms. The maximum atomic E-state index is 13.5. The third-order valence-electron chi connectivity index (χ3n) is 2.41. The molecule has 98 valence electrons. The van der Waals surface area contributed by atoms with E-state index in [1.54, 1.807) is 18.2 Å². The highest BCUT2D eigenvalue weighted by atomic mass is 127. The van der Waals surface area contributed by atoms with Gasteiger partial charge < -0.3 is 11.1 Å². The molecule has 0 unspecified atom stereocenters. The molecule has 0 aliphatic rings. The average Bonchev–Trinajstić information content (AvgIpc) is 2.33. The van der Waals surface area contributed by atoms with Crippen molar-refractivity contribution in [1.29, 1.82) is 0 Å². The highest BCUT2D eigenvalue weighted by molar-refractivity contribution is 14.1. The van der Waals surface area contributed by atoms with Crippen LogP contribution in [0.1, 0.15) is 10.4 Å². The van der Waals surface area contributed by atoms with Gasteiger partial charge in [-0.15, -0.1) is 0 Å². The molecule has 0 saturated heterocycles. The van der Waals surface area contributed by atoms with Crippen molar-refractivity contribution in [2.24, 2.45) is 0 Å². The first-order valence-electron chi connectivity index (χ1n) is 5.29. The van der Waals surface area contributed by atoms with Crippen LogP contribution in [0.15, 0.2) is 36.4 Å². The molecule has 0 aromatic heterocycles. The van der Waals surface area contributed by atoms with Gasteiger partial charge in [0.2, 0.25) is 0 Å². The lowest BCUT2D eigenvalue weighted by Gasteiger charge is -2.07. The fraction of sp³-hybridized carbons (Fsp3) is 0.